The number of unbranched alkanes of at least 4 members (excludes halogenated alkanes) is 5. The first kappa shape index (κ1) is 21.7. The molecule has 0 saturated heterocycles. The summed E-state index contributed by atoms with van der Waals surface area (Å²) in [6.45, 7) is 9.67. The van der Waals surface area contributed by atoms with Gasteiger partial charge in [-0.1, -0.05) is 45.1 Å². The van der Waals surface area contributed by atoms with Crippen molar-refractivity contribution in [1.82, 2.24) is 10.6 Å². The Balaban J connectivity index is 2.12. The molecule has 0 saturated carbocycles. The number of fused-ring (bicyclic) bond motifs is 1. The molecule has 3 heteroatoms. The van der Waals surface area contributed by atoms with E-state index in [4.69, 9.17) is 0 Å². The summed E-state index contributed by atoms with van der Waals surface area (Å²) in [5.41, 5.74) is 6.12. The highest BCUT2D eigenvalue weighted by molar-refractivity contribution is 5.97. The van der Waals surface area contributed by atoms with Crippen molar-refractivity contribution in [2.45, 2.75) is 91.1 Å². The lowest BCUT2D eigenvalue weighted by Gasteiger charge is -2.36. The molecule has 0 aliphatic carbocycles. The summed E-state index contributed by atoms with van der Waals surface area (Å²) in [7, 11) is 1.97. The molecule has 0 bridgehead atoms. The molecule has 1 aromatic carbocycles. The maximum absolute atomic E-state index is 12.6. The van der Waals surface area contributed by atoms with Gasteiger partial charge in [-0.2, -0.15) is 0 Å². The van der Waals surface area contributed by atoms with Crippen LogP contribution >= 0.6 is 0 Å². The smallest absolute Gasteiger partial charge is 0.157 e. The van der Waals surface area contributed by atoms with Crippen LogP contribution in [0.1, 0.15) is 88.0 Å². The maximum Gasteiger partial charge on any atom is 0.157 e. The van der Waals surface area contributed by atoms with E-state index in [1.807, 2.05) is 13.1 Å². The molecule has 150 valence electrons. The van der Waals surface area contributed by atoms with Crippen LogP contribution in [0.15, 0.2) is 18.2 Å². The highest BCUT2D eigenvalue weighted by Crippen LogP contribution is 2.32. The number of nitrogens with one attached hydrogen (secondary N) is 2. The predicted octanol–water partition coefficient (Wildman–Crippen LogP) is 5.30. The second-order valence-electron chi connectivity index (χ2n) is 8.69. The largest absolute Gasteiger partial charge is 0.379 e. The highest BCUT2D eigenvalue weighted by Gasteiger charge is 2.28. The number of rotatable bonds is 10. The van der Waals surface area contributed by atoms with E-state index in [-0.39, 0.29) is 11.3 Å². The van der Waals surface area contributed by atoms with Crippen molar-refractivity contribution in [3.63, 3.8) is 0 Å². The molecule has 0 amide bonds. The van der Waals surface area contributed by atoms with Crippen LogP contribution in [0.5, 0.6) is 0 Å². The molecule has 0 radical (unpaired) electrons. The fraction of sp³-hybridized carbons (Fsp3) is 0.625. The van der Waals surface area contributed by atoms with Crippen LogP contribution in [0, 0.1) is 6.92 Å². The number of allylic oxidation sites excluding steroid dienone is 1. The number of carbonyl (C=O) groups excluding carboxylic acids is 1. The Labute approximate surface area is 166 Å². The molecule has 1 aliphatic rings. The minimum absolute atomic E-state index is 0.0315. The van der Waals surface area contributed by atoms with E-state index in [9.17, 15) is 4.79 Å². The van der Waals surface area contributed by atoms with Gasteiger partial charge in [-0.15, -0.1) is 0 Å². The van der Waals surface area contributed by atoms with Gasteiger partial charge in [0, 0.05) is 35.8 Å². The minimum Gasteiger partial charge on any atom is -0.379 e. The first-order valence-corrected chi connectivity index (χ1v) is 10.7. The van der Waals surface area contributed by atoms with Crippen LogP contribution in [0.2, 0.25) is 0 Å². The Hall–Kier alpha value is -1.61. The molecule has 1 aliphatic heterocycles. The molecular formula is C24H38N2O. The summed E-state index contributed by atoms with van der Waals surface area (Å²) in [5.74, 6) is 0.243. The van der Waals surface area contributed by atoms with Crippen molar-refractivity contribution in [2.24, 2.45) is 0 Å². The average molecular weight is 371 g/mol. The van der Waals surface area contributed by atoms with Gasteiger partial charge in [0.25, 0.3) is 0 Å². The van der Waals surface area contributed by atoms with Crippen molar-refractivity contribution < 1.29 is 4.79 Å². The summed E-state index contributed by atoms with van der Waals surface area (Å²) in [6, 6.07) is 4.56. The minimum atomic E-state index is -0.0315. The summed E-state index contributed by atoms with van der Waals surface area (Å²) in [4.78, 5) is 12.6. The summed E-state index contributed by atoms with van der Waals surface area (Å²) >= 11 is 0. The molecule has 27 heavy (non-hydrogen) atoms. The molecule has 3 nitrogen and oxygen atoms in total. The van der Waals surface area contributed by atoms with Crippen molar-refractivity contribution in [1.29, 1.82) is 0 Å². The Morgan fingerprint density at radius 3 is 2.59 bits per heavy atom. The van der Waals surface area contributed by atoms with Gasteiger partial charge in [0.1, 0.15) is 0 Å². The second-order valence-corrected chi connectivity index (χ2v) is 8.69. The molecule has 0 aromatic heterocycles. The van der Waals surface area contributed by atoms with E-state index in [0.717, 1.165) is 31.5 Å². The van der Waals surface area contributed by atoms with Crippen LogP contribution in [-0.2, 0) is 17.8 Å². The maximum atomic E-state index is 12.6. The van der Waals surface area contributed by atoms with E-state index >= 15 is 0 Å². The standard InChI is InChI=1S/C24H38N2O/c1-6-7-8-9-10-11-12-21(27)15-23-22-14-20(17-25-5)18(2)13-19(22)16-24(3,4)26-23/h13-15,25-26H,6-12,16-17H2,1-5H3/b23-15-. The number of aryl methyl sites for hydroxylation is 1. The van der Waals surface area contributed by atoms with Crippen molar-refractivity contribution in [3.05, 3.63) is 40.5 Å². The van der Waals surface area contributed by atoms with E-state index in [2.05, 4.69) is 50.5 Å². The summed E-state index contributed by atoms with van der Waals surface area (Å²) in [6.07, 6.45) is 10.8. The number of hydrogen-bond donors (Lipinski definition) is 2. The van der Waals surface area contributed by atoms with Gasteiger partial charge < -0.3 is 10.6 Å². The van der Waals surface area contributed by atoms with Crippen LogP contribution in [-0.4, -0.2) is 18.4 Å². The molecule has 0 atom stereocenters. The molecule has 2 rings (SSSR count). The Kier molecular flexibility index (Phi) is 8.09. The van der Waals surface area contributed by atoms with Crippen molar-refractivity contribution >= 4 is 11.5 Å². The zero-order valence-electron chi connectivity index (χ0n) is 18.0. The zero-order valence-corrected chi connectivity index (χ0v) is 18.0. The molecule has 2 N–H and O–H groups in total. The predicted molar refractivity (Wildman–Crippen MR) is 116 cm³/mol. The van der Waals surface area contributed by atoms with Gasteiger partial charge in [0.2, 0.25) is 0 Å². The third kappa shape index (κ3) is 6.49. The van der Waals surface area contributed by atoms with Crippen LogP contribution in [0.25, 0.3) is 5.70 Å². The van der Waals surface area contributed by atoms with E-state index < -0.39 is 0 Å². The van der Waals surface area contributed by atoms with Crippen LogP contribution < -0.4 is 10.6 Å². The third-order valence-electron chi connectivity index (χ3n) is 5.41. The Bertz CT molecular complexity index is 673. The number of hydrogen-bond acceptors (Lipinski definition) is 3. The van der Waals surface area contributed by atoms with E-state index in [0.29, 0.717) is 6.42 Å². The van der Waals surface area contributed by atoms with Crippen LogP contribution in [0.3, 0.4) is 0 Å². The van der Waals surface area contributed by atoms with E-state index in [1.165, 1.54) is 47.9 Å². The third-order valence-corrected chi connectivity index (χ3v) is 5.41. The highest BCUT2D eigenvalue weighted by atomic mass is 16.1. The monoisotopic (exact) mass is 370 g/mol. The number of carbonyl (C=O) groups is 1. The van der Waals surface area contributed by atoms with E-state index in [1.54, 1.807) is 0 Å². The van der Waals surface area contributed by atoms with Gasteiger partial charge in [0.15, 0.2) is 5.78 Å². The zero-order chi connectivity index (χ0) is 19.9. The van der Waals surface area contributed by atoms with Crippen molar-refractivity contribution in [2.75, 3.05) is 7.05 Å². The van der Waals surface area contributed by atoms with Gasteiger partial charge in [-0.25, -0.2) is 0 Å². The normalized spacial score (nSPS) is 16.9. The summed E-state index contributed by atoms with van der Waals surface area (Å²) < 4.78 is 0. The molecule has 1 heterocycles. The first-order chi connectivity index (χ1) is 12.9. The molecule has 1 aromatic rings. The fourth-order valence-corrected chi connectivity index (χ4v) is 3.97. The lowest BCUT2D eigenvalue weighted by Crippen LogP contribution is -2.44. The fourth-order valence-electron chi connectivity index (χ4n) is 3.97. The van der Waals surface area contributed by atoms with Gasteiger partial charge >= 0.3 is 0 Å². The summed E-state index contributed by atoms with van der Waals surface area (Å²) in [5, 5.41) is 6.85. The van der Waals surface area contributed by atoms with Gasteiger partial charge in [-0.05, 0) is 63.4 Å². The van der Waals surface area contributed by atoms with Crippen molar-refractivity contribution in [3.8, 4) is 0 Å². The average Bonchev–Trinajstić information content (AvgIpc) is 2.58. The lowest BCUT2D eigenvalue weighted by atomic mass is 9.83. The lowest BCUT2D eigenvalue weighted by molar-refractivity contribution is -0.114. The quantitative estimate of drug-likeness (QED) is 0.434. The Morgan fingerprint density at radius 2 is 1.89 bits per heavy atom. The first-order valence-electron chi connectivity index (χ1n) is 10.7. The molecule has 0 fully saturated rings. The number of benzene rings is 1. The second kappa shape index (κ2) is 10.1. The van der Waals surface area contributed by atoms with Gasteiger partial charge in [-0.3, -0.25) is 4.79 Å². The molecule has 0 spiro atoms. The SMILES string of the molecule is CCCCCCCCC(=O)/C=C1\NC(C)(C)Cc2cc(C)c(CNC)cc21. The molecular weight excluding hydrogens is 332 g/mol. The number of ketones is 1. The van der Waals surface area contributed by atoms with Crippen LogP contribution in [0.4, 0.5) is 0 Å². The molecule has 0 unspecified atom stereocenters. The van der Waals surface area contributed by atoms with Gasteiger partial charge in [0.05, 0.1) is 0 Å². The topological polar surface area (TPSA) is 41.1 Å². The Morgan fingerprint density at radius 1 is 1.19 bits per heavy atom.